The summed E-state index contributed by atoms with van der Waals surface area (Å²) in [7, 11) is -4.54. The van der Waals surface area contributed by atoms with Crippen LogP contribution in [0.1, 0.15) is 43.2 Å². The van der Waals surface area contributed by atoms with Gasteiger partial charge in [-0.05, 0) is 42.2 Å². The average molecular weight is 654 g/mol. The molecule has 236 valence electrons. The number of hydrogen-bond acceptors (Lipinski definition) is 5. The standard InChI is InChI=1S/C29H31ClF3N5O5S/c1-28(2,3)25(36-26(40)22-10-16-6-4-5-7-21(16)35-22)27(41)38-15-18-12-19(38)14-37(18)24(39)13-34-44(42,43)23-11-17(29(31,32)33)8-9-20(23)30/h4-11,18-19,25,34-35H,12-15H2,1-3H3,(H,36,40)/t18-,19-,25+/m0/s1. The molecule has 0 aliphatic carbocycles. The van der Waals surface area contributed by atoms with Gasteiger partial charge in [0.05, 0.1) is 29.2 Å². The monoisotopic (exact) mass is 653 g/mol. The van der Waals surface area contributed by atoms with E-state index in [-0.39, 0.29) is 31.1 Å². The summed E-state index contributed by atoms with van der Waals surface area (Å²) in [6, 6.07) is 9.45. The van der Waals surface area contributed by atoms with Crippen LogP contribution in [0.3, 0.4) is 0 Å². The molecule has 3 aromatic rings. The third kappa shape index (κ3) is 6.28. The number of aromatic nitrogens is 1. The normalized spacial score (nSPS) is 19.4. The van der Waals surface area contributed by atoms with Crippen LogP contribution in [-0.4, -0.2) is 78.7 Å². The first-order valence-corrected chi connectivity index (χ1v) is 15.7. The zero-order valence-corrected chi connectivity index (χ0v) is 25.6. The van der Waals surface area contributed by atoms with Crippen molar-refractivity contribution in [2.45, 2.75) is 56.4 Å². The number of H-pyrrole nitrogens is 1. The van der Waals surface area contributed by atoms with Crippen LogP contribution in [0.5, 0.6) is 0 Å². The highest BCUT2D eigenvalue weighted by Gasteiger charge is 2.49. The number of benzene rings is 2. The molecule has 10 nitrogen and oxygen atoms in total. The fourth-order valence-corrected chi connectivity index (χ4v) is 7.18. The van der Waals surface area contributed by atoms with Crippen LogP contribution in [0.2, 0.25) is 5.02 Å². The lowest BCUT2D eigenvalue weighted by atomic mass is 9.85. The van der Waals surface area contributed by atoms with Crippen LogP contribution >= 0.6 is 11.6 Å². The first-order valence-electron chi connectivity index (χ1n) is 13.8. The molecule has 2 fully saturated rings. The topological polar surface area (TPSA) is 132 Å². The maximum Gasteiger partial charge on any atom is 0.416 e. The Labute approximate surface area is 257 Å². The molecule has 2 saturated heterocycles. The van der Waals surface area contributed by atoms with Gasteiger partial charge in [-0.2, -0.15) is 13.2 Å². The molecule has 2 aliphatic rings. The first kappa shape index (κ1) is 31.8. The van der Waals surface area contributed by atoms with Crippen molar-refractivity contribution in [2.75, 3.05) is 19.6 Å². The molecule has 3 amide bonds. The number of amides is 3. The molecular weight excluding hydrogens is 623 g/mol. The molecule has 44 heavy (non-hydrogen) atoms. The summed E-state index contributed by atoms with van der Waals surface area (Å²) in [5.41, 5.74) is -0.722. The number of alkyl halides is 3. The van der Waals surface area contributed by atoms with E-state index < -0.39 is 61.5 Å². The van der Waals surface area contributed by atoms with E-state index in [0.717, 1.165) is 17.0 Å². The number of fused-ring (bicyclic) bond motifs is 3. The van der Waals surface area contributed by atoms with Crippen LogP contribution in [0, 0.1) is 5.41 Å². The smallest absolute Gasteiger partial charge is 0.351 e. The third-order valence-electron chi connectivity index (χ3n) is 7.97. The van der Waals surface area contributed by atoms with E-state index in [0.29, 0.717) is 24.2 Å². The van der Waals surface area contributed by atoms with Crippen LogP contribution < -0.4 is 10.0 Å². The minimum Gasteiger partial charge on any atom is -0.351 e. The minimum absolute atomic E-state index is 0.147. The molecule has 0 radical (unpaired) electrons. The predicted octanol–water partition coefficient (Wildman–Crippen LogP) is 3.77. The molecule has 3 heterocycles. The Bertz CT molecular complexity index is 1700. The molecule has 5 rings (SSSR count). The Balaban J connectivity index is 1.22. The Morgan fingerprint density at radius 2 is 1.68 bits per heavy atom. The van der Waals surface area contributed by atoms with Gasteiger partial charge in [0, 0.05) is 24.0 Å². The minimum atomic E-state index is -4.78. The predicted molar refractivity (Wildman–Crippen MR) is 156 cm³/mol. The summed E-state index contributed by atoms with van der Waals surface area (Å²) >= 11 is 5.87. The Morgan fingerprint density at radius 1 is 1.02 bits per heavy atom. The summed E-state index contributed by atoms with van der Waals surface area (Å²) in [4.78, 5) is 45.3. The van der Waals surface area contributed by atoms with E-state index in [1.54, 1.807) is 11.0 Å². The summed E-state index contributed by atoms with van der Waals surface area (Å²) in [6.45, 7) is 5.16. The fraction of sp³-hybridized carbons (Fsp3) is 0.414. The van der Waals surface area contributed by atoms with E-state index in [2.05, 4.69) is 10.3 Å². The van der Waals surface area contributed by atoms with Crippen molar-refractivity contribution in [1.82, 2.24) is 24.8 Å². The van der Waals surface area contributed by atoms with E-state index in [4.69, 9.17) is 11.6 Å². The molecule has 0 spiro atoms. The Morgan fingerprint density at radius 3 is 2.30 bits per heavy atom. The number of piperazine rings is 1. The summed E-state index contributed by atoms with van der Waals surface area (Å²) in [6.07, 6.45) is -4.31. The van der Waals surface area contributed by atoms with Gasteiger partial charge >= 0.3 is 6.18 Å². The van der Waals surface area contributed by atoms with Crippen molar-refractivity contribution in [1.29, 1.82) is 0 Å². The number of carbonyl (C=O) groups excluding carboxylic acids is 3. The van der Waals surface area contributed by atoms with Gasteiger partial charge < -0.3 is 20.1 Å². The molecule has 2 bridgehead atoms. The van der Waals surface area contributed by atoms with Gasteiger partial charge in [-0.15, -0.1) is 0 Å². The zero-order valence-electron chi connectivity index (χ0n) is 24.0. The molecule has 3 N–H and O–H groups in total. The third-order valence-corrected chi connectivity index (χ3v) is 9.85. The van der Waals surface area contributed by atoms with Crippen molar-refractivity contribution >= 4 is 50.2 Å². The van der Waals surface area contributed by atoms with E-state index in [9.17, 15) is 36.0 Å². The lowest BCUT2D eigenvalue weighted by molar-refractivity contribution is -0.142. The van der Waals surface area contributed by atoms with E-state index in [1.165, 1.54) is 4.90 Å². The number of nitrogens with one attached hydrogen (secondary N) is 3. The van der Waals surface area contributed by atoms with Crippen LogP contribution in [0.4, 0.5) is 13.2 Å². The fourth-order valence-electron chi connectivity index (χ4n) is 5.68. The number of likely N-dealkylation sites (tertiary alicyclic amines) is 2. The van der Waals surface area contributed by atoms with E-state index >= 15 is 0 Å². The van der Waals surface area contributed by atoms with Crippen molar-refractivity contribution in [2.24, 2.45) is 5.41 Å². The van der Waals surface area contributed by atoms with Gasteiger partial charge in [-0.3, -0.25) is 14.4 Å². The van der Waals surface area contributed by atoms with Gasteiger partial charge in [0.15, 0.2) is 0 Å². The summed E-state index contributed by atoms with van der Waals surface area (Å²) in [5.74, 6) is -1.30. The molecule has 0 unspecified atom stereocenters. The number of nitrogens with zero attached hydrogens (tertiary/aromatic N) is 2. The Kier molecular flexibility index (Phi) is 8.23. The van der Waals surface area contributed by atoms with Crippen molar-refractivity contribution in [3.05, 3.63) is 64.8 Å². The van der Waals surface area contributed by atoms with Gasteiger partial charge in [-0.25, -0.2) is 13.1 Å². The Hall–Kier alpha value is -3.62. The second kappa shape index (κ2) is 11.4. The lowest BCUT2D eigenvalue weighted by Crippen LogP contribution is -2.59. The number of para-hydroxylation sites is 1. The molecule has 15 heteroatoms. The molecule has 3 atom stereocenters. The number of halogens is 4. The van der Waals surface area contributed by atoms with Crippen LogP contribution in [-0.2, 0) is 25.8 Å². The van der Waals surface area contributed by atoms with Gasteiger partial charge in [0.25, 0.3) is 5.91 Å². The largest absolute Gasteiger partial charge is 0.416 e. The summed E-state index contributed by atoms with van der Waals surface area (Å²) in [5, 5.41) is 3.31. The van der Waals surface area contributed by atoms with Gasteiger partial charge in [0.1, 0.15) is 16.6 Å². The highest BCUT2D eigenvalue weighted by Crippen LogP contribution is 2.35. The molecular formula is C29H31ClF3N5O5S. The van der Waals surface area contributed by atoms with Gasteiger partial charge in [0.2, 0.25) is 21.8 Å². The number of sulfonamides is 1. The maximum absolute atomic E-state index is 13.8. The number of hydrogen-bond donors (Lipinski definition) is 3. The van der Waals surface area contributed by atoms with Gasteiger partial charge in [-0.1, -0.05) is 50.6 Å². The number of rotatable bonds is 7. The quantitative estimate of drug-likeness (QED) is 0.357. The molecule has 2 aliphatic heterocycles. The van der Waals surface area contributed by atoms with Crippen molar-refractivity contribution in [3.8, 4) is 0 Å². The zero-order chi connectivity index (χ0) is 32.2. The lowest BCUT2D eigenvalue weighted by Gasteiger charge is -2.39. The highest BCUT2D eigenvalue weighted by molar-refractivity contribution is 7.89. The van der Waals surface area contributed by atoms with Crippen LogP contribution in [0.25, 0.3) is 10.9 Å². The molecule has 0 saturated carbocycles. The van der Waals surface area contributed by atoms with E-state index in [1.807, 2.05) is 49.8 Å². The number of carbonyl (C=O) groups is 3. The number of aromatic amines is 1. The van der Waals surface area contributed by atoms with Crippen molar-refractivity contribution in [3.63, 3.8) is 0 Å². The maximum atomic E-state index is 13.8. The summed E-state index contributed by atoms with van der Waals surface area (Å²) < 4.78 is 66.8. The molecule has 2 aromatic carbocycles. The SMILES string of the molecule is CC(C)(C)[C@H](NC(=O)c1cc2ccccc2[nH]1)C(=O)N1C[C@@H]2C[C@H]1CN2C(=O)CNS(=O)(=O)c1cc(C(F)(F)F)ccc1Cl. The van der Waals surface area contributed by atoms with Crippen molar-refractivity contribution < 1.29 is 36.0 Å². The van der Waals surface area contributed by atoms with Crippen LogP contribution in [0.15, 0.2) is 53.4 Å². The first-order chi connectivity index (χ1) is 20.5. The average Bonchev–Trinajstić information content (AvgIpc) is 3.67. The molecule has 1 aromatic heterocycles. The highest BCUT2D eigenvalue weighted by atomic mass is 35.5. The second-order valence-electron chi connectivity index (χ2n) is 12.1. The second-order valence-corrected chi connectivity index (χ2v) is 14.2.